The quantitative estimate of drug-likeness (QED) is 0.459. The summed E-state index contributed by atoms with van der Waals surface area (Å²) in [7, 11) is -2.21. The first kappa shape index (κ1) is 27.7. The highest BCUT2D eigenvalue weighted by Gasteiger charge is 2.30. The second kappa shape index (κ2) is 12.2. The number of halogens is 1. The van der Waals surface area contributed by atoms with E-state index < -0.39 is 28.5 Å². The average molecular weight is 555 g/mol. The highest BCUT2D eigenvalue weighted by atomic mass is 79.9. The number of amides is 2. The van der Waals surface area contributed by atoms with Crippen LogP contribution in [-0.2, 0) is 26.2 Å². The van der Waals surface area contributed by atoms with E-state index in [9.17, 15) is 18.0 Å². The first-order valence-electron chi connectivity index (χ1n) is 10.9. The molecular weight excluding hydrogens is 522 g/mol. The zero-order valence-corrected chi connectivity index (χ0v) is 22.5. The van der Waals surface area contributed by atoms with E-state index in [1.165, 1.54) is 4.90 Å². The summed E-state index contributed by atoms with van der Waals surface area (Å²) in [6.07, 6.45) is 1.79. The zero-order chi connectivity index (χ0) is 25.5. The summed E-state index contributed by atoms with van der Waals surface area (Å²) in [5.41, 5.74) is 1.11. The predicted octanol–water partition coefficient (Wildman–Crippen LogP) is 3.56. The van der Waals surface area contributed by atoms with Gasteiger partial charge in [-0.15, -0.1) is 0 Å². The van der Waals surface area contributed by atoms with Gasteiger partial charge in [-0.25, -0.2) is 8.42 Å². The van der Waals surface area contributed by atoms with Crippen LogP contribution < -0.4 is 14.4 Å². The molecule has 0 aliphatic carbocycles. The monoisotopic (exact) mass is 553 g/mol. The Balaban J connectivity index is 2.39. The van der Waals surface area contributed by atoms with Gasteiger partial charge in [-0.3, -0.25) is 13.9 Å². The summed E-state index contributed by atoms with van der Waals surface area (Å²) in [5.74, 6) is -0.183. The lowest BCUT2D eigenvalue weighted by Gasteiger charge is -2.32. The molecule has 0 aliphatic heterocycles. The Morgan fingerprint density at radius 2 is 1.76 bits per heavy atom. The van der Waals surface area contributed by atoms with Crippen molar-refractivity contribution in [1.82, 2.24) is 10.2 Å². The van der Waals surface area contributed by atoms with E-state index >= 15 is 0 Å². The van der Waals surface area contributed by atoms with Crippen LogP contribution in [0.1, 0.15) is 32.8 Å². The fourth-order valence-corrected chi connectivity index (χ4v) is 4.35. The van der Waals surface area contributed by atoms with Gasteiger partial charge in [0.15, 0.2) is 0 Å². The van der Waals surface area contributed by atoms with E-state index in [1.807, 2.05) is 19.9 Å². The summed E-state index contributed by atoms with van der Waals surface area (Å²) in [6, 6.07) is 12.9. The number of hydrogen-bond acceptors (Lipinski definition) is 5. The maximum absolute atomic E-state index is 13.5. The van der Waals surface area contributed by atoms with Gasteiger partial charge in [-0.05, 0) is 62.2 Å². The van der Waals surface area contributed by atoms with Gasteiger partial charge in [0.2, 0.25) is 21.8 Å². The van der Waals surface area contributed by atoms with E-state index in [1.54, 1.807) is 56.5 Å². The molecule has 0 radical (unpaired) electrons. The smallest absolute Gasteiger partial charge is 0.244 e. The largest absolute Gasteiger partial charge is 0.497 e. The van der Waals surface area contributed by atoms with Crippen molar-refractivity contribution in [3.05, 3.63) is 58.6 Å². The van der Waals surface area contributed by atoms with Gasteiger partial charge in [0.1, 0.15) is 18.3 Å². The molecule has 0 bridgehead atoms. The predicted molar refractivity (Wildman–Crippen MR) is 137 cm³/mol. The fourth-order valence-electron chi connectivity index (χ4n) is 3.24. The number of anilines is 1. The Morgan fingerprint density at radius 3 is 2.32 bits per heavy atom. The zero-order valence-electron chi connectivity index (χ0n) is 20.1. The van der Waals surface area contributed by atoms with Crippen LogP contribution in [0.5, 0.6) is 5.75 Å². The molecule has 8 nitrogen and oxygen atoms in total. The Kier molecular flexibility index (Phi) is 9.93. The number of ether oxygens (including phenoxy) is 1. The second-order valence-corrected chi connectivity index (χ2v) is 10.9. The lowest BCUT2D eigenvalue weighted by atomic mass is 10.1. The van der Waals surface area contributed by atoms with Crippen molar-refractivity contribution < 1.29 is 22.7 Å². The number of nitrogens with one attached hydrogen (secondary N) is 1. The van der Waals surface area contributed by atoms with E-state index in [4.69, 9.17) is 4.74 Å². The molecule has 2 atom stereocenters. The minimum atomic E-state index is -3.76. The second-order valence-electron chi connectivity index (χ2n) is 8.11. The minimum absolute atomic E-state index is 0.0565. The lowest BCUT2D eigenvalue weighted by Crippen LogP contribution is -2.52. The van der Waals surface area contributed by atoms with Gasteiger partial charge >= 0.3 is 0 Å². The van der Waals surface area contributed by atoms with Crippen LogP contribution in [0.2, 0.25) is 0 Å². The van der Waals surface area contributed by atoms with Crippen LogP contribution in [0.4, 0.5) is 5.69 Å². The molecule has 2 rings (SSSR count). The molecule has 0 aliphatic rings. The molecule has 0 saturated heterocycles. The number of sulfonamides is 1. The summed E-state index contributed by atoms with van der Waals surface area (Å²) in [5, 5.41) is 2.90. The molecule has 0 heterocycles. The number of nitrogens with zero attached hydrogens (tertiary/aromatic N) is 2. The van der Waals surface area contributed by atoms with Crippen molar-refractivity contribution in [2.45, 2.75) is 45.8 Å². The number of carbonyl (C=O) groups is 2. The van der Waals surface area contributed by atoms with Crippen LogP contribution in [0, 0.1) is 0 Å². The maximum Gasteiger partial charge on any atom is 0.244 e. The molecule has 0 spiro atoms. The van der Waals surface area contributed by atoms with Gasteiger partial charge in [-0.2, -0.15) is 0 Å². The molecule has 2 aromatic rings. The average Bonchev–Trinajstić information content (AvgIpc) is 2.80. The normalized spacial score (nSPS) is 13.0. The third-order valence-electron chi connectivity index (χ3n) is 5.45. The topological polar surface area (TPSA) is 96.0 Å². The van der Waals surface area contributed by atoms with E-state index in [2.05, 4.69) is 21.2 Å². The molecule has 1 N–H and O–H groups in total. The summed E-state index contributed by atoms with van der Waals surface area (Å²) < 4.78 is 32.2. The van der Waals surface area contributed by atoms with Crippen LogP contribution in [0.3, 0.4) is 0 Å². The SMILES string of the molecule is CC[C@H](C)NC(=O)[C@H](C)N(Cc1cccc(OC)c1)C(=O)CN(c1ccc(Br)cc1)S(C)(=O)=O. The molecule has 34 heavy (non-hydrogen) atoms. The summed E-state index contributed by atoms with van der Waals surface area (Å²) in [4.78, 5) is 27.8. The summed E-state index contributed by atoms with van der Waals surface area (Å²) in [6.45, 7) is 5.16. The third-order valence-corrected chi connectivity index (χ3v) is 7.12. The Labute approximate surface area is 210 Å². The molecule has 0 saturated carbocycles. The number of rotatable bonds is 11. The Hall–Kier alpha value is -2.59. The fraction of sp³-hybridized carbons (Fsp3) is 0.417. The molecule has 10 heteroatoms. The van der Waals surface area contributed by atoms with Crippen LogP contribution in [0.25, 0.3) is 0 Å². The van der Waals surface area contributed by atoms with E-state index in [0.717, 1.165) is 27.0 Å². The number of methoxy groups -OCH3 is 1. The lowest BCUT2D eigenvalue weighted by molar-refractivity contribution is -0.139. The highest BCUT2D eigenvalue weighted by Crippen LogP contribution is 2.22. The van der Waals surface area contributed by atoms with Gasteiger partial charge in [0.05, 0.1) is 19.1 Å². The van der Waals surface area contributed by atoms with E-state index in [0.29, 0.717) is 11.4 Å². The molecule has 0 aromatic heterocycles. The number of benzene rings is 2. The third kappa shape index (κ3) is 7.73. The molecule has 2 aromatic carbocycles. The molecule has 186 valence electrons. The Morgan fingerprint density at radius 1 is 1.12 bits per heavy atom. The van der Waals surface area contributed by atoms with Gasteiger partial charge in [0.25, 0.3) is 0 Å². The van der Waals surface area contributed by atoms with Gasteiger partial charge in [-0.1, -0.05) is 35.0 Å². The highest BCUT2D eigenvalue weighted by molar-refractivity contribution is 9.10. The van der Waals surface area contributed by atoms with Crippen LogP contribution >= 0.6 is 15.9 Å². The van der Waals surface area contributed by atoms with Crippen molar-refractivity contribution in [3.63, 3.8) is 0 Å². The van der Waals surface area contributed by atoms with Gasteiger partial charge < -0.3 is 15.0 Å². The Bertz CT molecular complexity index is 1090. The minimum Gasteiger partial charge on any atom is -0.497 e. The van der Waals surface area contributed by atoms with Crippen molar-refractivity contribution in [2.75, 3.05) is 24.2 Å². The van der Waals surface area contributed by atoms with Crippen molar-refractivity contribution in [3.8, 4) is 5.75 Å². The van der Waals surface area contributed by atoms with Crippen LogP contribution in [-0.4, -0.2) is 57.1 Å². The molecule has 0 unspecified atom stereocenters. The van der Waals surface area contributed by atoms with Crippen LogP contribution in [0.15, 0.2) is 53.0 Å². The summed E-state index contributed by atoms with van der Waals surface area (Å²) >= 11 is 3.33. The molecule has 0 fully saturated rings. The number of carbonyl (C=O) groups excluding carboxylic acids is 2. The maximum atomic E-state index is 13.5. The first-order valence-corrected chi connectivity index (χ1v) is 13.6. The molecule has 2 amide bonds. The first-order chi connectivity index (χ1) is 16.0. The van der Waals surface area contributed by atoms with Crippen molar-refractivity contribution in [1.29, 1.82) is 0 Å². The van der Waals surface area contributed by atoms with Gasteiger partial charge in [0, 0.05) is 17.1 Å². The van der Waals surface area contributed by atoms with Crippen molar-refractivity contribution >= 4 is 43.5 Å². The van der Waals surface area contributed by atoms with E-state index in [-0.39, 0.29) is 18.5 Å². The standard InChI is InChI=1S/C24H32BrN3O5S/c1-6-17(2)26-24(30)18(3)27(15-19-8-7-9-22(14-19)33-4)23(29)16-28(34(5,31)32)21-12-10-20(25)11-13-21/h7-14,17-18H,6,15-16H2,1-5H3,(H,26,30)/t17-,18-/m0/s1. The number of hydrogen-bond donors (Lipinski definition) is 1. The molecular formula is C24H32BrN3O5S. The van der Waals surface area contributed by atoms with Crippen molar-refractivity contribution in [2.24, 2.45) is 0 Å².